The Morgan fingerprint density at radius 2 is 1.86 bits per heavy atom. The van der Waals surface area contributed by atoms with Gasteiger partial charge < -0.3 is 10.6 Å². The normalized spacial score (nSPS) is 15.8. The van der Waals surface area contributed by atoms with E-state index in [0.29, 0.717) is 12.6 Å². The van der Waals surface area contributed by atoms with E-state index in [-0.39, 0.29) is 24.0 Å². The molecule has 0 spiro atoms. The van der Waals surface area contributed by atoms with E-state index >= 15 is 0 Å². The van der Waals surface area contributed by atoms with Crippen LogP contribution < -0.4 is 10.6 Å². The van der Waals surface area contributed by atoms with Gasteiger partial charge in [0.15, 0.2) is 5.96 Å². The summed E-state index contributed by atoms with van der Waals surface area (Å²) >= 11 is 0. The lowest BCUT2D eigenvalue weighted by Crippen LogP contribution is -2.48. The molecule has 7 heteroatoms. The summed E-state index contributed by atoms with van der Waals surface area (Å²) in [6, 6.07) is 11.2. The van der Waals surface area contributed by atoms with Gasteiger partial charge in [0.05, 0.1) is 12.2 Å². The Hall–Kier alpha value is -1.61. The third-order valence-corrected chi connectivity index (χ3v) is 5.58. The summed E-state index contributed by atoms with van der Waals surface area (Å²) in [5.41, 5.74) is 4.86. The summed E-state index contributed by atoms with van der Waals surface area (Å²) in [7, 11) is 1.99. The van der Waals surface area contributed by atoms with Crippen LogP contribution in [0.1, 0.15) is 42.3 Å². The van der Waals surface area contributed by atoms with Crippen LogP contribution in [0, 0.1) is 13.8 Å². The summed E-state index contributed by atoms with van der Waals surface area (Å²) < 4.78 is 1.93. The van der Waals surface area contributed by atoms with Crippen molar-refractivity contribution in [3.63, 3.8) is 0 Å². The molecule has 1 saturated heterocycles. The first kappa shape index (κ1) is 23.7. The summed E-state index contributed by atoms with van der Waals surface area (Å²) in [5, 5.41) is 11.5. The number of aryl methyl sites for hydroxylation is 2. The number of halogens is 1. The van der Waals surface area contributed by atoms with Gasteiger partial charge in [-0.05, 0) is 39.2 Å². The van der Waals surface area contributed by atoms with Crippen molar-refractivity contribution in [2.24, 2.45) is 12.0 Å². The van der Waals surface area contributed by atoms with E-state index in [1.165, 1.54) is 16.8 Å². The Bertz CT molecular complexity index is 778. The van der Waals surface area contributed by atoms with Crippen LogP contribution in [0.3, 0.4) is 0 Å². The number of likely N-dealkylation sites (tertiary alicyclic amines) is 1. The van der Waals surface area contributed by atoms with Crippen LogP contribution >= 0.6 is 24.0 Å². The second-order valence-corrected chi connectivity index (χ2v) is 7.65. The van der Waals surface area contributed by atoms with Crippen LogP contribution in [-0.4, -0.2) is 46.3 Å². The largest absolute Gasteiger partial charge is 0.357 e. The Morgan fingerprint density at radius 1 is 1.17 bits per heavy atom. The van der Waals surface area contributed by atoms with Crippen molar-refractivity contribution in [2.45, 2.75) is 52.7 Å². The Morgan fingerprint density at radius 3 is 2.45 bits per heavy atom. The van der Waals surface area contributed by atoms with Gasteiger partial charge in [0.1, 0.15) is 0 Å². The van der Waals surface area contributed by atoms with Crippen molar-refractivity contribution in [3.05, 3.63) is 52.8 Å². The monoisotopic (exact) mass is 510 g/mol. The van der Waals surface area contributed by atoms with Crippen molar-refractivity contribution in [1.82, 2.24) is 25.3 Å². The minimum atomic E-state index is 0. The fraction of sp³-hybridized carbons (Fsp3) is 0.545. The molecule has 0 aliphatic carbocycles. The molecular formula is C22H35IN6. The fourth-order valence-electron chi connectivity index (χ4n) is 3.79. The van der Waals surface area contributed by atoms with Gasteiger partial charge in [-0.3, -0.25) is 9.58 Å². The van der Waals surface area contributed by atoms with E-state index in [1.54, 1.807) is 0 Å². The molecular weight excluding hydrogens is 475 g/mol. The van der Waals surface area contributed by atoms with Crippen LogP contribution in [0.15, 0.2) is 35.3 Å². The molecule has 1 aliphatic rings. The average Bonchev–Trinajstić information content (AvgIpc) is 2.94. The Labute approximate surface area is 192 Å². The zero-order valence-electron chi connectivity index (χ0n) is 18.1. The average molecular weight is 510 g/mol. The predicted octanol–water partition coefficient (Wildman–Crippen LogP) is 3.37. The molecule has 2 N–H and O–H groups in total. The number of rotatable bonds is 6. The van der Waals surface area contributed by atoms with Gasteiger partial charge in [-0.15, -0.1) is 24.0 Å². The lowest BCUT2D eigenvalue weighted by atomic mass is 10.0. The molecule has 0 atom stereocenters. The number of hydrogen-bond acceptors (Lipinski definition) is 3. The van der Waals surface area contributed by atoms with Crippen LogP contribution in [-0.2, 0) is 20.1 Å². The highest BCUT2D eigenvalue weighted by molar-refractivity contribution is 14.0. The number of nitrogens with one attached hydrogen (secondary N) is 2. The number of aliphatic imine (C=N–C) groups is 1. The van der Waals surface area contributed by atoms with Crippen LogP contribution in [0.4, 0.5) is 0 Å². The molecule has 1 aromatic heterocycles. The first-order valence-electron chi connectivity index (χ1n) is 10.4. The van der Waals surface area contributed by atoms with Crippen molar-refractivity contribution in [1.29, 1.82) is 0 Å². The highest BCUT2D eigenvalue weighted by Gasteiger charge is 2.20. The maximum absolute atomic E-state index is 4.83. The molecule has 1 aromatic carbocycles. The molecule has 6 nitrogen and oxygen atoms in total. The summed E-state index contributed by atoms with van der Waals surface area (Å²) in [5.74, 6) is 0.909. The minimum Gasteiger partial charge on any atom is -0.357 e. The molecule has 160 valence electrons. The van der Waals surface area contributed by atoms with E-state index in [9.17, 15) is 0 Å². The molecule has 0 radical (unpaired) electrons. The first-order valence-corrected chi connectivity index (χ1v) is 10.4. The van der Waals surface area contributed by atoms with Gasteiger partial charge in [0.25, 0.3) is 0 Å². The highest BCUT2D eigenvalue weighted by atomic mass is 127. The third kappa shape index (κ3) is 6.70. The van der Waals surface area contributed by atoms with E-state index in [4.69, 9.17) is 4.99 Å². The van der Waals surface area contributed by atoms with Crippen molar-refractivity contribution < 1.29 is 0 Å². The maximum Gasteiger partial charge on any atom is 0.191 e. The van der Waals surface area contributed by atoms with E-state index in [1.807, 2.05) is 11.7 Å². The van der Waals surface area contributed by atoms with Gasteiger partial charge in [-0.1, -0.05) is 30.3 Å². The maximum atomic E-state index is 4.83. The molecule has 3 rings (SSSR count). The molecule has 0 saturated carbocycles. The van der Waals surface area contributed by atoms with Crippen molar-refractivity contribution in [2.75, 3.05) is 19.6 Å². The number of guanidine groups is 1. The second-order valence-electron chi connectivity index (χ2n) is 7.65. The molecule has 1 fully saturated rings. The van der Waals surface area contributed by atoms with E-state index < -0.39 is 0 Å². The number of hydrogen-bond donors (Lipinski definition) is 2. The van der Waals surface area contributed by atoms with Crippen LogP contribution in [0.5, 0.6) is 0 Å². The first-order chi connectivity index (χ1) is 13.6. The topological polar surface area (TPSA) is 57.5 Å². The molecule has 29 heavy (non-hydrogen) atoms. The van der Waals surface area contributed by atoms with E-state index in [0.717, 1.165) is 50.7 Å². The van der Waals surface area contributed by atoms with Gasteiger partial charge in [0.2, 0.25) is 0 Å². The molecule has 1 aliphatic heterocycles. The number of benzene rings is 1. The molecule has 2 heterocycles. The minimum absolute atomic E-state index is 0. The number of aromatic nitrogens is 2. The lowest BCUT2D eigenvalue weighted by molar-refractivity contribution is 0.198. The number of piperidine rings is 1. The van der Waals surface area contributed by atoms with Gasteiger partial charge in [0, 0.05) is 50.5 Å². The van der Waals surface area contributed by atoms with E-state index in [2.05, 4.69) is 71.7 Å². The quantitative estimate of drug-likeness (QED) is 0.356. The Balaban J connectivity index is 0.00000300. The molecule has 2 aromatic rings. The summed E-state index contributed by atoms with van der Waals surface area (Å²) in [6.07, 6.45) is 2.28. The highest BCUT2D eigenvalue weighted by Crippen LogP contribution is 2.15. The second kappa shape index (κ2) is 11.5. The Kier molecular flexibility index (Phi) is 9.42. The molecule has 0 bridgehead atoms. The standard InChI is InChI=1S/C22H34N6.HI/c1-5-23-22(24-15-21-17(2)26-27(4)18(21)3)25-20-11-13-28(14-12-20)16-19-9-7-6-8-10-19;/h6-10,20H,5,11-16H2,1-4H3,(H2,23,24,25);1H. The smallest absolute Gasteiger partial charge is 0.191 e. The summed E-state index contributed by atoms with van der Waals surface area (Å²) in [4.78, 5) is 7.37. The molecule has 0 amide bonds. The molecule has 0 unspecified atom stereocenters. The van der Waals surface area contributed by atoms with Gasteiger partial charge in [-0.2, -0.15) is 5.10 Å². The van der Waals surface area contributed by atoms with Crippen LogP contribution in [0.2, 0.25) is 0 Å². The van der Waals surface area contributed by atoms with Crippen molar-refractivity contribution in [3.8, 4) is 0 Å². The zero-order chi connectivity index (χ0) is 19.9. The summed E-state index contributed by atoms with van der Waals surface area (Å²) in [6.45, 7) is 11.1. The van der Waals surface area contributed by atoms with Gasteiger partial charge >= 0.3 is 0 Å². The zero-order valence-corrected chi connectivity index (χ0v) is 20.4. The SMILES string of the molecule is CCNC(=NCc1c(C)nn(C)c1C)NC1CCN(Cc2ccccc2)CC1.I. The van der Waals surface area contributed by atoms with Crippen LogP contribution in [0.25, 0.3) is 0 Å². The fourth-order valence-corrected chi connectivity index (χ4v) is 3.79. The van der Waals surface area contributed by atoms with Crippen molar-refractivity contribution >= 4 is 29.9 Å². The lowest BCUT2D eigenvalue weighted by Gasteiger charge is -2.33. The van der Waals surface area contributed by atoms with Gasteiger partial charge in [-0.25, -0.2) is 4.99 Å². The predicted molar refractivity (Wildman–Crippen MR) is 131 cm³/mol. The number of nitrogens with zero attached hydrogens (tertiary/aromatic N) is 4. The third-order valence-electron chi connectivity index (χ3n) is 5.58.